The second-order valence-corrected chi connectivity index (χ2v) is 10.1. The van der Waals surface area contributed by atoms with Gasteiger partial charge in [0.15, 0.2) is 16.5 Å². The van der Waals surface area contributed by atoms with E-state index in [1.54, 1.807) is 49.0 Å². The lowest BCUT2D eigenvalue weighted by Gasteiger charge is -2.09. The van der Waals surface area contributed by atoms with Crippen LogP contribution in [-0.4, -0.2) is 36.7 Å². The lowest BCUT2D eigenvalue weighted by molar-refractivity contribution is 0.0696. The van der Waals surface area contributed by atoms with Crippen LogP contribution in [0.15, 0.2) is 94.3 Å². The molecule has 0 saturated heterocycles. The first kappa shape index (κ1) is 26.9. The first-order valence-corrected chi connectivity index (χ1v) is 13.6. The van der Waals surface area contributed by atoms with Gasteiger partial charge in [0, 0.05) is 11.1 Å². The van der Waals surface area contributed by atoms with Crippen LogP contribution in [0.4, 0.5) is 0 Å². The third-order valence-corrected chi connectivity index (χ3v) is 7.57. The Bertz CT molecular complexity index is 1990. The highest BCUT2D eigenvalue weighted by molar-refractivity contribution is 7.15. The Kier molecular flexibility index (Phi) is 7.20. The van der Waals surface area contributed by atoms with Gasteiger partial charge in [-0.15, -0.1) is 0 Å². The molecular weight excluding hydrogens is 556 g/mol. The van der Waals surface area contributed by atoms with E-state index in [0.29, 0.717) is 37.9 Å². The minimum absolute atomic E-state index is 0.0762. The van der Waals surface area contributed by atoms with Crippen molar-refractivity contribution in [2.24, 2.45) is 0 Å². The number of carbonyl (C=O) groups is 1. The third-order valence-electron chi connectivity index (χ3n) is 6.60. The van der Waals surface area contributed by atoms with Crippen LogP contribution in [-0.2, 0) is 0 Å². The standard InChI is InChI=1S/C32H24N2O7S/c1-37-22-11-7-20(8-12-22)28-29(21-9-13-23(38-2)14-10-21)34-30(35)27(42-32(34)33-28)18-19-6-15-24(26(17-19)39-3)41-31(36)25-5-4-16-40-25/h4-18H,1-3H3. The van der Waals surface area contributed by atoms with E-state index < -0.39 is 5.97 Å². The SMILES string of the molecule is COc1ccc(-c2nc3sc(=Cc4ccc(OC(=O)c5ccco5)c(OC)c4)c(=O)n3c2-c2ccc(OC)cc2)cc1. The highest BCUT2D eigenvalue weighted by Crippen LogP contribution is 2.34. The van der Waals surface area contributed by atoms with E-state index in [4.69, 9.17) is 28.3 Å². The molecule has 3 aromatic carbocycles. The first-order valence-electron chi connectivity index (χ1n) is 12.8. The Morgan fingerprint density at radius 1 is 0.857 bits per heavy atom. The van der Waals surface area contributed by atoms with Crippen molar-refractivity contribution in [1.29, 1.82) is 0 Å². The molecule has 3 aromatic heterocycles. The number of hydrogen-bond acceptors (Lipinski definition) is 9. The maximum Gasteiger partial charge on any atom is 0.379 e. The molecule has 0 aliphatic rings. The zero-order chi connectivity index (χ0) is 29.2. The van der Waals surface area contributed by atoms with Crippen LogP contribution in [0.25, 0.3) is 33.6 Å². The second kappa shape index (κ2) is 11.3. The van der Waals surface area contributed by atoms with Crippen molar-refractivity contribution in [3.8, 4) is 45.5 Å². The van der Waals surface area contributed by atoms with E-state index >= 15 is 0 Å². The zero-order valence-corrected chi connectivity index (χ0v) is 23.6. The highest BCUT2D eigenvalue weighted by Gasteiger charge is 2.21. The second-order valence-electron chi connectivity index (χ2n) is 9.08. The summed E-state index contributed by atoms with van der Waals surface area (Å²) < 4.78 is 28.8. The molecular formula is C32H24N2O7S. The smallest absolute Gasteiger partial charge is 0.379 e. The molecule has 6 rings (SSSR count). The number of esters is 1. The lowest BCUT2D eigenvalue weighted by Crippen LogP contribution is -2.23. The Hall–Kier alpha value is -5.35. The van der Waals surface area contributed by atoms with Gasteiger partial charge < -0.3 is 23.4 Å². The monoisotopic (exact) mass is 580 g/mol. The van der Waals surface area contributed by atoms with Crippen molar-refractivity contribution in [3.63, 3.8) is 0 Å². The molecule has 3 heterocycles. The Balaban J connectivity index is 1.44. The summed E-state index contributed by atoms with van der Waals surface area (Å²) in [5, 5.41) is 0. The van der Waals surface area contributed by atoms with Gasteiger partial charge in [0.2, 0.25) is 5.76 Å². The van der Waals surface area contributed by atoms with Gasteiger partial charge in [0.05, 0.1) is 43.5 Å². The summed E-state index contributed by atoms with van der Waals surface area (Å²) in [6, 6.07) is 23.2. The van der Waals surface area contributed by atoms with E-state index in [1.165, 1.54) is 30.8 Å². The predicted octanol–water partition coefficient (Wildman–Crippen LogP) is 5.48. The molecule has 0 saturated carbocycles. The van der Waals surface area contributed by atoms with Crippen LogP contribution in [0.1, 0.15) is 16.1 Å². The number of imidazole rings is 1. The number of nitrogens with zero attached hydrogens (tertiary/aromatic N) is 2. The Morgan fingerprint density at radius 2 is 1.55 bits per heavy atom. The summed E-state index contributed by atoms with van der Waals surface area (Å²) in [7, 11) is 4.70. The van der Waals surface area contributed by atoms with Gasteiger partial charge in [0.25, 0.3) is 5.56 Å². The number of thiazole rings is 1. The fourth-order valence-corrected chi connectivity index (χ4v) is 5.49. The van der Waals surface area contributed by atoms with Gasteiger partial charge in [0.1, 0.15) is 11.5 Å². The summed E-state index contributed by atoms with van der Waals surface area (Å²) in [6.07, 6.45) is 3.15. The maximum absolute atomic E-state index is 13.8. The number of aromatic nitrogens is 2. The number of fused-ring (bicyclic) bond motifs is 1. The fraction of sp³-hybridized carbons (Fsp3) is 0.0938. The number of hydrogen-bond donors (Lipinski definition) is 0. The molecule has 10 heteroatoms. The molecule has 0 atom stereocenters. The van der Waals surface area contributed by atoms with Gasteiger partial charge in [-0.1, -0.05) is 17.4 Å². The Labute approximate surface area is 243 Å². The minimum atomic E-state index is -0.643. The van der Waals surface area contributed by atoms with Gasteiger partial charge in [-0.25, -0.2) is 14.2 Å². The van der Waals surface area contributed by atoms with Crippen LogP contribution in [0.5, 0.6) is 23.0 Å². The molecule has 0 fully saturated rings. The molecule has 0 radical (unpaired) electrons. The number of benzene rings is 3. The molecule has 0 amide bonds. The van der Waals surface area contributed by atoms with Crippen molar-refractivity contribution < 1.29 is 28.2 Å². The molecule has 0 spiro atoms. The number of carbonyl (C=O) groups excluding carboxylic acids is 1. The van der Waals surface area contributed by atoms with E-state index in [0.717, 1.165) is 16.9 Å². The quantitative estimate of drug-likeness (QED) is 0.172. The molecule has 6 aromatic rings. The van der Waals surface area contributed by atoms with E-state index in [1.807, 2.05) is 48.5 Å². The summed E-state index contributed by atoms with van der Waals surface area (Å²) in [4.78, 5) is 31.6. The van der Waals surface area contributed by atoms with Crippen LogP contribution in [0.3, 0.4) is 0 Å². The number of ether oxygens (including phenoxy) is 4. The summed E-state index contributed by atoms with van der Waals surface area (Å²) in [6.45, 7) is 0. The molecule has 0 unspecified atom stereocenters. The van der Waals surface area contributed by atoms with E-state index in [-0.39, 0.29) is 17.1 Å². The highest BCUT2D eigenvalue weighted by atomic mass is 32.1. The maximum atomic E-state index is 13.8. The van der Waals surface area contributed by atoms with E-state index in [2.05, 4.69) is 0 Å². The van der Waals surface area contributed by atoms with Gasteiger partial charge >= 0.3 is 5.97 Å². The fourth-order valence-electron chi connectivity index (χ4n) is 4.52. The van der Waals surface area contributed by atoms with Crippen molar-refractivity contribution in [3.05, 3.63) is 111 Å². The van der Waals surface area contributed by atoms with Gasteiger partial charge in [-0.2, -0.15) is 0 Å². The summed E-state index contributed by atoms with van der Waals surface area (Å²) in [5.74, 6) is 1.43. The van der Waals surface area contributed by atoms with Gasteiger partial charge in [-0.3, -0.25) is 4.79 Å². The molecule has 0 aliphatic heterocycles. The van der Waals surface area contributed by atoms with Crippen molar-refractivity contribution in [1.82, 2.24) is 9.38 Å². The molecule has 42 heavy (non-hydrogen) atoms. The molecule has 0 N–H and O–H groups in total. The summed E-state index contributed by atoms with van der Waals surface area (Å²) in [5.41, 5.74) is 3.51. The molecule has 9 nitrogen and oxygen atoms in total. The Morgan fingerprint density at radius 3 is 2.17 bits per heavy atom. The number of furan rings is 1. The zero-order valence-electron chi connectivity index (χ0n) is 22.8. The first-order chi connectivity index (χ1) is 20.5. The van der Waals surface area contributed by atoms with Crippen LogP contribution in [0, 0.1) is 0 Å². The lowest BCUT2D eigenvalue weighted by atomic mass is 10.0. The minimum Gasteiger partial charge on any atom is -0.497 e. The van der Waals surface area contributed by atoms with Crippen LogP contribution < -0.4 is 29.0 Å². The van der Waals surface area contributed by atoms with Crippen LogP contribution in [0.2, 0.25) is 0 Å². The molecule has 0 aliphatic carbocycles. The topological polar surface area (TPSA) is 102 Å². The predicted molar refractivity (Wildman–Crippen MR) is 159 cm³/mol. The van der Waals surface area contributed by atoms with E-state index in [9.17, 15) is 9.59 Å². The largest absolute Gasteiger partial charge is 0.497 e. The van der Waals surface area contributed by atoms with Crippen molar-refractivity contribution >= 4 is 28.3 Å². The average Bonchev–Trinajstić information content (AvgIpc) is 3.76. The normalized spacial score (nSPS) is 11.5. The van der Waals surface area contributed by atoms with Gasteiger partial charge in [-0.05, 0) is 84.4 Å². The molecule has 0 bridgehead atoms. The summed E-state index contributed by atoms with van der Waals surface area (Å²) >= 11 is 1.28. The molecule has 210 valence electrons. The number of methoxy groups -OCH3 is 3. The van der Waals surface area contributed by atoms with Crippen LogP contribution >= 0.6 is 11.3 Å². The average molecular weight is 581 g/mol. The number of rotatable bonds is 8. The van der Waals surface area contributed by atoms with Crippen molar-refractivity contribution in [2.75, 3.05) is 21.3 Å². The van der Waals surface area contributed by atoms with Crippen molar-refractivity contribution in [2.45, 2.75) is 0 Å². The third kappa shape index (κ3) is 4.99.